The smallest absolute Gasteiger partial charge is 0.338 e. The second-order valence-electron chi connectivity index (χ2n) is 4.13. The van der Waals surface area contributed by atoms with Gasteiger partial charge in [0.15, 0.2) is 0 Å². The fourth-order valence-corrected chi connectivity index (χ4v) is 1.51. The van der Waals surface area contributed by atoms with Gasteiger partial charge in [0.05, 0.1) is 12.7 Å². The van der Waals surface area contributed by atoms with Crippen LogP contribution in [-0.4, -0.2) is 45.2 Å². The van der Waals surface area contributed by atoms with Crippen molar-refractivity contribution in [3.8, 4) is 0 Å². The van der Waals surface area contributed by atoms with E-state index in [2.05, 4.69) is 10.2 Å². The van der Waals surface area contributed by atoms with Crippen LogP contribution in [0, 0.1) is 0 Å². The Labute approximate surface area is 103 Å². The molecule has 0 bridgehead atoms. The Morgan fingerprint density at radius 1 is 1.35 bits per heavy atom. The highest BCUT2D eigenvalue weighted by Crippen LogP contribution is 2.09. The number of carbonyl (C=O) groups excluding carboxylic acids is 1. The number of nitrogens with one attached hydrogen (secondary N) is 1. The molecule has 0 aliphatic rings. The summed E-state index contributed by atoms with van der Waals surface area (Å²) >= 11 is 0. The van der Waals surface area contributed by atoms with Gasteiger partial charge in [0.2, 0.25) is 0 Å². The molecular formula is C13H20N2O2. The molecule has 4 heteroatoms. The van der Waals surface area contributed by atoms with Crippen LogP contribution in [0.5, 0.6) is 0 Å². The molecular weight excluding hydrogens is 216 g/mol. The van der Waals surface area contributed by atoms with Crippen molar-refractivity contribution >= 4 is 5.97 Å². The molecule has 94 valence electrons. The lowest BCUT2D eigenvalue weighted by atomic mass is 10.1. The lowest BCUT2D eigenvalue weighted by Crippen LogP contribution is -2.26. The van der Waals surface area contributed by atoms with E-state index in [1.54, 1.807) is 6.07 Å². The zero-order valence-electron chi connectivity index (χ0n) is 10.7. The largest absolute Gasteiger partial charge is 0.465 e. The summed E-state index contributed by atoms with van der Waals surface area (Å²) in [6.07, 6.45) is 0. The number of likely N-dealkylation sites (N-methyl/N-ethyl adjacent to an activating group) is 1. The Morgan fingerprint density at radius 3 is 2.71 bits per heavy atom. The monoisotopic (exact) mass is 236 g/mol. The molecule has 1 N–H and O–H groups in total. The van der Waals surface area contributed by atoms with Crippen LogP contribution < -0.4 is 5.32 Å². The Morgan fingerprint density at radius 2 is 2.06 bits per heavy atom. The normalized spacial score (nSPS) is 10.6. The van der Waals surface area contributed by atoms with E-state index in [4.69, 9.17) is 4.74 Å². The molecule has 0 saturated heterocycles. The predicted octanol–water partition coefficient (Wildman–Crippen LogP) is 1.12. The van der Waals surface area contributed by atoms with Crippen molar-refractivity contribution < 1.29 is 9.53 Å². The number of nitrogens with zero attached hydrogens (tertiary/aromatic N) is 1. The molecule has 17 heavy (non-hydrogen) atoms. The molecule has 0 saturated carbocycles. The number of hydrogen-bond acceptors (Lipinski definition) is 4. The number of ether oxygens (including phenoxy) is 1. The summed E-state index contributed by atoms with van der Waals surface area (Å²) in [5.74, 6) is -0.282. The van der Waals surface area contributed by atoms with E-state index in [0.717, 1.165) is 18.7 Å². The van der Waals surface area contributed by atoms with Crippen LogP contribution in [-0.2, 0) is 11.3 Å². The van der Waals surface area contributed by atoms with Crippen molar-refractivity contribution in [2.45, 2.75) is 6.54 Å². The number of esters is 1. The number of benzene rings is 1. The molecule has 0 aliphatic carbocycles. The molecule has 0 aliphatic heterocycles. The molecule has 0 heterocycles. The molecule has 0 radical (unpaired) electrons. The highest BCUT2D eigenvalue weighted by atomic mass is 16.5. The van der Waals surface area contributed by atoms with Gasteiger partial charge < -0.3 is 15.0 Å². The van der Waals surface area contributed by atoms with Gasteiger partial charge in [-0.1, -0.05) is 18.2 Å². The molecule has 1 aromatic carbocycles. The summed E-state index contributed by atoms with van der Waals surface area (Å²) in [5.41, 5.74) is 1.60. The van der Waals surface area contributed by atoms with Crippen LogP contribution in [0.4, 0.5) is 0 Å². The minimum absolute atomic E-state index is 0.282. The lowest BCUT2D eigenvalue weighted by molar-refractivity contribution is 0.0599. The van der Waals surface area contributed by atoms with E-state index in [9.17, 15) is 4.79 Å². The number of carbonyl (C=O) groups is 1. The van der Waals surface area contributed by atoms with Gasteiger partial charge in [-0.15, -0.1) is 0 Å². The Bertz CT molecular complexity index is 364. The maximum absolute atomic E-state index is 11.5. The fraction of sp³-hybridized carbons (Fsp3) is 0.462. The second kappa shape index (κ2) is 7.04. The van der Waals surface area contributed by atoms with Gasteiger partial charge >= 0.3 is 5.97 Å². The predicted molar refractivity (Wildman–Crippen MR) is 68.0 cm³/mol. The summed E-state index contributed by atoms with van der Waals surface area (Å²) in [4.78, 5) is 13.6. The summed E-state index contributed by atoms with van der Waals surface area (Å²) in [7, 11) is 5.47. The van der Waals surface area contributed by atoms with E-state index >= 15 is 0 Å². The maximum atomic E-state index is 11.5. The van der Waals surface area contributed by atoms with E-state index in [1.807, 2.05) is 32.3 Å². The summed E-state index contributed by atoms with van der Waals surface area (Å²) in [5, 5.41) is 3.30. The molecule has 1 rings (SSSR count). The standard InChI is InChI=1S/C13H20N2O2/c1-15(2)9-8-14-10-11-6-4-5-7-12(11)13(16)17-3/h4-7,14H,8-10H2,1-3H3. The average Bonchev–Trinajstić information content (AvgIpc) is 2.34. The van der Waals surface area contributed by atoms with Crippen molar-refractivity contribution in [2.75, 3.05) is 34.3 Å². The maximum Gasteiger partial charge on any atom is 0.338 e. The van der Waals surface area contributed by atoms with Gasteiger partial charge in [-0.2, -0.15) is 0 Å². The van der Waals surface area contributed by atoms with Crippen molar-refractivity contribution in [1.82, 2.24) is 10.2 Å². The third-order valence-corrected chi connectivity index (χ3v) is 2.47. The first-order valence-corrected chi connectivity index (χ1v) is 5.67. The minimum Gasteiger partial charge on any atom is -0.465 e. The average molecular weight is 236 g/mol. The van der Waals surface area contributed by atoms with Crippen LogP contribution >= 0.6 is 0 Å². The Hall–Kier alpha value is -1.39. The molecule has 0 unspecified atom stereocenters. The van der Waals surface area contributed by atoms with Gasteiger partial charge in [-0.3, -0.25) is 0 Å². The van der Waals surface area contributed by atoms with Crippen LogP contribution in [0.3, 0.4) is 0 Å². The highest BCUT2D eigenvalue weighted by Gasteiger charge is 2.09. The topological polar surface area (TPSA) is 41.6 Å². The fourth-order valence-electron chi connectivity index (χ4n) is 1.51. The Balaban J connectivity index is 2.55. The molecule has 0 spiro atoms. The third kappa shape index (κ3) is 4.54. The van der Waals surface area contributed by atoms with Gasteiger partial charge in [0, 0.05) is 19.6 Å². The number of hydrogen-bond donors (Lipinski definition) is 1. The van der Waals surface area contributed by atoms with Crippen molar-refractivity contribution in [3.05, 3.63) is 35.4 Å². The van der Waals surface area contributed by atoms with E-state index in [0.29, 0.717) is 12.1 Å². The molecule has 0 amide bonds. The molecule has 0 aromatic heterocycles. The van der Waals surface area contributed by atoms with Crippen molar-refractivity contribution in [3.63, 3.8) is 0 Å². The second-order valence-corrected chi connectivity index (χ2v) is 4.13. The molecule has 4 nitrogen and oxygen atoms in total. The lowest BCUT2D eigenvalue weighted by Gasteiger charge is -2.12. The van der Waals surface area contributed by atoms with Crippen molar-refractivity contribution in [2.24, 2.45) is 0 Å². The van der Waals surface area contributed by atoms with Crippen LogP contribution in [0.15, 0.2) is 24.3 Å². The van der Waals surface area contributed by atoms with Crippen LogP contribution in [0.25, 0.3) is 0 Å². The van der Waals surface area contributed by atoms with Gasteiger partial charge in [-0.05, 0) is 25.7 Å². The van der Waals surface area contributed by atoms with E-state index in [-0.39, 0.29) is 5.97 Å². The van der Waals surface area contributed by atoms with Crippen LogP contribution in [0.1, 0.15) is 15.9 Å². The summed E-state index contributed by atoms with van der Waals surface area (Å²) < 4.78 is 4.75. The van der Waals surface area contributed by atoms with Gasteiger partial charge in [-0.25, -0.2) is 4.79 Å². The Kier molecular flexibility index (Phi) is 5.66. The quantitative estimate of drug-likeness (QED) is 0.594. The zero-order valence-corrected chi connectivity index (χ0v) is 10.7. The molecule has 0 atom stereocenters. The van der Waals surface area contributed by atoms with Crippen molar-refractivity contribution in [1.29, 1.82) is 0 Å². The zero-order chi connectivity index (χ0) is 12.7. The molecule has 1 aromatic rings. The third-order valence-electron chi connectivity index (χ3n) is 2.47. The first kappa shape index (κ1) is 13.7. The highest BCUT2D eigenvalue weighted by molar-refractivity contribution is 5.90. The SMILES string of the molecule is COC(=O)c1ccccc1CNCCN(C)C. The van der Waals surface area contributed by atoms with Gasteiger partial charge in [0.1, 0.15) is 0 Å². The van der Waals surface area contributed by atoms with Gasteiger partial charge in [0.25, 0.3) is 0 Å². The molecule has 0 fully saturated rings. The summed E-state index contributed by atoms with van der Waals surface area (Å²) in [6.45, 7) is 2.54. The number of rotatable bonds is 6. The number of methoxy groups -OCH3 is 1. The summed E-state index contributed by atoms with van der Waals surface area (Å²) in [6, 6.07) is 7.49. The minimum atomic E-state index is -0.282. The first-order chi connectivity index (χ1) is 8.15. The first-order valence-electron chi connectivity index (χ1n) is 5.67. The van der Waals surface area contributed by atoms with E-state index in [1.165, 1.54) is 7.11 Å². The van der Waals surface area contributed by atoms with Crippen LogP contribution in [0.2, 0.25) is 0 Å². The van der Waals surface area contributed by atoms with E-state index < -0.39 is 0 Å².